The molecule has 4 nitrogen and oxygen atoms in total. The van der Waals surface area contributed by atoms with E-state index in [1.807, 2.05) is 18.2 Å². The van der Waals surface area contributed by atoms with Crippen LogP contribution in [-0.4, -0.2) is 17.9 Å². The molecule has 3 rings (SSSR count). The predicted molar refractivity (Wildman–Crippen MR) is 93.8 cm³/mol. The van der Waals surface area contributed by atoms with Gasteiger partial charge in [0.25, 0.3) is 5.91 Å². The number of aromatic nitrogens is 1. The lowest BCUT2D eigenvalue weighted by molar-refractivity contribution is 0.0963. The Bertz CT molecular complexity index is 896. The molecule has 0 spiro atoms. The van der Waals surface area contributed by atoms with Crippen molar-refractivity contribution in [1.29, 1.82) is 0 Å². The number of rotatable bonds is 5. The van der Waals surface area contributed by atoms with E-state index in [9.17, 15) is 9.18 Å². The molecular weight excluding hydrogens is 319 g/mol. The van der Waals surface area contributed by atoms with Gasteiger partial charge >= 0.3 is 0 Å². The Morgan fingerprint density at radius 2 is 1.96 bits per heavy atom. The SMILES string of the molecule is CNC(=O)c1cccnc1-c1ccccc1OCc1cccc(F)c1. The number of hydrogen-bond donors (Lipinski definition) is 1. The average molecular weight is 336 g/mol. The number of carbonyl (C=O) groups is 1. The van der Waals surface area contributed by atoms with Crippen LogP contribution in [-0.2, 0) is 6.61 Å². The Kier molecular flexibility index (Phi) is 5.04. The molecule has 0 aliphatic carbocycles. The maximum Gasteiger partial charge on any atom is 0.253 e. The molecule has 1 aromatic heterocycles. The molecule has 0 bridgehead atoms. The largest absolute Gasteiger partial charge is 0.488 e. The van der Waals surface area contributed by atoms with Crippen LogP contribution in [0.5, 0.6) is 5.75 Å². The topological polar surface area (TPSA) is 51.2 Å². The van der Waals surface area contributed by atoms with E-state index in [2.05, 4.69) is 10.3 Å². The highest BCUT2D eigenvalue weighted by Crippen LogP contribution is 2.31. The molecule has 1 heterocycles. The normalized spacial score (nSPS) is 10.3. The maximum absolute atomic E-state index is 13.3. The number of amides is 1. The molecule has 0 unspecified atom stereocenters. The Balaban J connectivity index is 1.93. The minimum atomic E-state index is -0.305. The fourth-order valence-corrected chi connectivity index (χ4v) is 2.51. The van der Waals surface area contributed by atoms with Crippen LogP contribution in [0.25, 0.3) is 11.3 Å². The first-order valence-corrected chi connectivity index (χ1v) is 7.83. The smallest absolute Gasteiger partial charge is 0.253 e. The van der Waals surface area contributed by atoms with Crippen molar-refractivity contribution >= 4 is 5.91 Å². The van der Waals surface area contributed by atoms with Crippen LogP contribution in [0.15, 0.2) is 66.9 Å². The molecule has 1 amide bonds. The van der Waals surface area contributed by atoms with Gasteiger partial charge in [-0.15, -0.1) is 0 Å². The van der Waals surface area contributed by atoms with Crippen molar-refractivity contribution in [2.45, 2.75) is 6.61 Å². The van der Waals surface area contributed by atoms with Crippen LogP contribution in [0, 0.1) is 5.82 Å². The van der Waals surface area contributed by atoms with Gasteiger partial charge in [0.15, 0.2) is 0 Å². The molecule has 2 aromatic carbocycles. The van der Waals surface area contributed by atoms with E-state index in [-0.39, 0.29) is 18.3 Å². The van der Waals surface area contributed by atoms with E-state index in [0.29, 0.717) is 22.6 Å². The summed E-state index contributed by atoms with van der Waals surface area (Å²) in [6, 6.07) is 17.0. The summed E-state index contributed by atoms with van der Waals surface area (Å²) in [5, 5.41) is 2.61. The van der Waals surface area contributed by atoms with Crippen LogP contribution >= 0.6 is 0 Å². The van der Waals surface area contributed by atoms with E-state index >= 15 is 0 Å². The molecule has 0 saturated carbocycles. The number of benzene rings is 2. The molecule has 0 radical (unpaired) electrons. The summed E-state index contributed by atoms with van der Waals surface area (Å²) in [7, 11) is 1.57. The van der Waals surface area contributed by atoms with Crippen molar-refractivity contribution in [3.63, 3.8) is 0 Å². The van der Waals surface area contributed by atoms with Gasteiger partial charge in [-0.3, -0.25) is 9.78 Å². The van der Waals surface area contributed by atoms with Crippen LogP contribution in [0.3, 0.4) is 0 Å². The first-order chi connectivity index (χ1) is 12.2. The number of ether oxygens (including phenoxy) is 1. The Hall–Kier alpha value is -3.21. The Labute approximate surface area is 145 Å². The standard InChI is InChI=1S/C20H17FN2O2/c1-22-20(24)17-9-5-11-23-19(17)16-8-2-3-10-18(16)25-13-14-6-4-7-15(21)12-14/h2-12H,13H2,1H3,(H,22,24). The van der Waals surface area contributed by atoms with E-state index in [1.165, 1.54) is 12.1 Å². The second-order valence-corrected chi connectivity index (χ2v) is 5.39. The fourth-order valence-electron chi connectivity index (χ4n) is 2.51. The van der Waals surface area contributed by atoms with E-state index in [0.717, 1.165) is 5.56 Å². The molecule has 0 aliphatic rings. The van der Waals surface area contributed by atoms with Gasteiger partial charge in [-0.1, -0.05) is 24.3 Å². The first-order valence-electron chi connectivity index (χ1n) is 7.83. The molecule has 1 N–H and O–H groups in total. The van der Waals surface area contributed by atoms with Gasteiger partial charge in [-0.05, 0) is 42.0 Å². The highest BCUT2D eigenvalue weighted by molar-refractivity contribution is 6.00. The first kappa shape index (κ1) is 16.6. The number of para-hydroxylation sites is 1. The van der Waals surface area contributed by atoms with Gasteiger partial charge in [0.1, 0.15) is 18.2 Å². The lowest BCUT2D eigenvalue weighted by Crippen LogP contribution is -2.19. The minimum absolute atomic E-state index is 0.219. The van der Waals surface area contributed by atoms with E-state index < -0.39 is 0 Å². The van der Waals surface area contributed by atoms with Gasteiger partial charge in [0, 0.05) is 18.8 Å². The average Bonchev–Trinajstić information content (AvgIpc) is 2.66. The van der Waals surface area contributed by atoms with Gasteiger partial charge < -0.3 is 10.1 Å². The van der Waals surface area contributed by atoms with Crippen LogP contribution in [0.4, 0.5) is 4.39 Å². The summed E-state index contributed by atoms with van der Waals surface area (Å²) in [5.41, 5.74) is 2.43. The second-order valence-electron chi connectivity index (χ2n) is 5.39. The van der Waals surface area contributed by atoms with Crippen molar-refractivity contribution in [1.82, 2.24) is 10.3 Å². The maximum atomic E-state index is 13.3. The Morgan fingerprint density at radius 3 is 2.76 bits per heavy atom. The quantitative estimate of drug-likeness (QED) is 0.770. The molecule has 0 fully saturated rings. The predicted octanol–water partition coefficient (Wildman–Crippen LogP) is 3.83. The number of hydrogen-bond acceptors (Lipinski definition) is 3. The number of carbonyl (C=O) groups excluding carboxylic acids is 1. The molecular formula is C20H17FN2O2. The summed E-state index contributed by atoms with van der Waals surface area (Å²) in [4.78, 5) is 16.4. The van der Waals surface area contributed by atoms with Gasteiger partial charge in [0.2, 0.25) is 0 Å². The van der Waals surface area contributed by atoms with Crippen molar-refractivity contribution in [2.24, 2.45) is 0 Å². The van der Waals surface area contributed by atoms with Crippen LogP contribution in [0.1, 0.15) is 15.9 Å². The van der Waals surface area contributed by atoms with Gasteiger partial charge in [0.05, 0.1) is 11.3 Å². The van der Waals surface area contributed by atoms with Crippen molar-refractivity contribution in [3.8, 4) is 17.0 Å². The summed E-state index contributed by atoms with van der Waals surface area (Å²) < 4.78 is 19.2. The zero-order valence-electron chi connectivity index (χ0n) is 13.7. The highest BCUT2D eigenvalue weighted by Gasteiger charge is 2.16. The number of nitrogens with zero attached hydrogens (tertiary/aromatic N) is 1. The van der Waals surface area contributed by atoms with E-state index in [1.54, 1.807) is 43.6 Å². The molecule has 0 aliphatic heterocycles. The third-order valence-corrected chi connectivity index (χ3v) is 3.70. The van der Waals surface area contributed by atoms with Crippen LogP contribution < -0.4 is 10.1 Å². The highest BCUT2D eigenvalue weighted by atomic mass is 19.1. The molecule has 126 valence electrons. The second kappa shape index (κ2) is 7.57. The molecule has 25 heavy (non-hydrogen) atoms. The van der Waals surface area contributed by atoms with E-state index in [4.69, 9.17) is 4.74 Å². The van der Waals surface area contributed by atoms with Crippen LogP contribution in [0.2, 0.25) is 0 Å². The Morgan fingerprint density at radius 1 is 1.12 bits per heavy atom. The monoisotopic (exact) mass is 336 g/mol. The summed E-state index contributed by atoms with van der Waals surface area (Å²) in [6.45, 7) is 0.219. The number of halogens is 1. The van der Waals surface area contributed by atoms with Crippen molar-refractivity contribution in [3.05, 3.63) is 83.8 Å². The lowest BCUT2D eigenvalue weighted by Gasteiger charge is -2.13. The van der Waals surface area contributed by atoms with Crippen molar-refractivity contribution < 1.29 is 13.9 Å². The summed E-state index contributed by atoms with van der Waals surface area (Å²) >= 11 is 0. The van der Waals surface area contributed by atoms with Gasteiger partial charge in [-0.25, -0.2) is 4.39 Å². The zero-order chi connectivity index (χ0) is 17.6. The molecule has 3 aromatic rings. The minimum Gasteiger partial charge on any atom is -0.488 e. The molecule has 0 atom stereocenters. The summed E-state index contributed by atoms with van der Waals surface area (Å²) in [5.74, 6) is 0.0552. The number of nitrogens with one attached hydrogen (secondary N) is 1. The van der Waals surface area contributed by atoms with Crippen molar-refractivity contribution in [2.75, 3.05) is 7.05 Å². The third kappa shape index (κ3) is 3.83. The molecule has 5 heteroatoms. The zero-order valence-corrected chi connectivity index (χ0v) is 13.7. The number of pyridine rings is 1. The third-order valence-electron chi connectivity index (χ3n) is 3.70. The fraction of sp³-hybridized carbons (Fsp3) is 0.100. The van der Waals surface area contributed by atoms with Gasteiger partial charge in [-0.2, -0.15) is 0 Å². The lowest BCUT2D eigenvalue weighted by atomic mass is 10.0. The molecule has 0 saturated heterocycles. The summed E-state index contributed by atoms with van der Waals surface area (Å²) in [6.07, 6.45) is 1.63.